The van der Waals surface area contributed by atoms with Crippen molar-refractivity contribution < 1.29 is 9.59 Å². The second-order valence-electron chi connectivity index (χ2n) is 11.2. The Morgan fingerprint density at radius 2 is 1.82 bits per heavy atom. The van der Waals surface area contributed by atoms with Crippen LogP contribution in [0.25, 0.3) is 0 Å². The second kappa shape index (κ2) is 11.2. The Morgan fingerprint density at radius 1 is 1.05 bits per heavy atom. The SMILES string of the molecule is CC(=O)N1c2ccc(CNCCc3ccncc3)cc2N=C2CC(C)(C)CC(=O)C2C1c1ccc(Cl)cc1Cl. The molecule has 8 heteroatoms. The number of nitrogens with one attached hydrogen (secondary N) is 1. The topological polar surface area (TPSA) is 74.7 Å². The first kappa shape index (κ1) is 27.5. The van der Waals surface area contributed by atoms with Crippen LogP contribution in [0, 0.1) is 11.3 Å². The number of amides is 1. The molecule has 0 radical (unpaired) electrons. The maximum absolute atomic E-state index is 13.7. The maximum atomic E-state index is 13.7. The molecule has 2 heterocycles. The van der Waals surface area contributed by atoms with Gasteiger partial charge in [0.25, 0.3) is 0 Å². The fourth-order valence-electron chi connectivity index (χ4n) is 5.76. The molecule has 1 amide bonds. The van der Waals surface area contributed by atoms with Gasteiger partial charge in [0, 0.05) is 48.0 Å². The largest absolute Gasteiger partial charge is 0.312 e. The van der Waals surface area contributed by atoms with Crippen molar-refractivity contribution in [1.82, 2.24) is 10.3 Å². The maximum Gasteiger partial charge on any atom is 0.224 e. The minimum absolute atomic E-state index is 0.0677. The van der Waals surface area contributed by atoms with Gasteiger partial charge in [-0.1, -0.05) is 49.2 Å². The smallest absolute Gasteiger partial charge is 0.224 e. The van der Waals surface area contributed by atoms with E-state index < -0.39 is 12.0 Å². The fourth-order valence-corrected chi connectivity index (χ4v) is 6.28. The summed E-state index contributed by atoms with van der Waals surface area (Å²) >= 11 is 12.9. The van der Waals surface area contributed by atoms with Crippen LogP contribution in [0.1, 0.15) is 56.3 Å². The summed E-state index contributed by atoms with van der Waals surface area (Å²) in [6.45, 7) is 7.18. The molecule has 2 unspecified atom stereocenters. The Kier molecular flexibility index (Phi) is 7.90. The van der Waals surface area contributed by atoms with Crippen molar-refractivity contribution in [1.29, 1.82) is 0 Å². The van der Waals surface area contributed by atoms with Crippen molar-refractivity contribution in [2.75, 3.05) is 11.4 Å². The summed E-state index contributed by atoms with van der Waals surface area (Å²) in [7, 11) is 0. The summed E-state index contributed by atoms with van der Waals surface area (Å²) in [6, 6.07) is 14.6. The first-order chi connectivity index (χ1) is 18.6. The predicted octanol–water partition coefficient (Wildman–Crippen LogP) is 6.91. The van der Waals surface area contributed by atoms with Crippen LogP contribution in [0.4, 0.5) is 11.4 Å². The number of anilines is 1. The molecular formula is C31H32Cl2N4O2. The summed E-state index contributed by atoms with van der Waals surface area (Å²) in [5.41, 5.74) is 4.90. The van der Waals surface area contributed by atoms with E-state index in [2.05, 4.69) is 24.1 Å². The Morgan fingerprint density at radius 3 is 2.54 bits per heavy atom. The second-order valence-corrected chi connectivity index (χ2v) is 12.0. The average Bonchev–Trinajstić information content (AvgIpc) is 3.00. The van der Waals surface area contributed by atoms with Gasteiger partial charge in [-0.3, -0.25) is 19.6 Å². The van der Waals surface area contributed by atoms with E-state index in [-0.39, 0.29) is 17.1 Å². The normalized spacial score (nSPS) is 20.1. The van der Waals surface area contributed by atoms with E-state index in [1.807, 2.05) is 36.4 Å². The van der Waals surface area contributed by atoms with Crippen molar-refractivity contribution in [3.63, 3.8) is 0 Å². The van der Waals surface area contributed by atoms with Crippen molar-refractivity contribution in [3.8, 4) is 0 Å². The van der Waals surface area contributed by atoms with Gasteiger partial charge in [0.2, 0.25) is 5.91 Å². The third kappa shape index (κ3) is 5.93. The third-order valence-electron chi connectivity index (χ3n) is 7.46. The highest BCUT2D eigenvalue weighted by molar-refractivity contribution is 6.35. The van der Waals surface area contributed by atoms with Crippen LogP contribution in [0.5, 0.6) is 0 Å². The van der Waals surface area contributed by atoms with E-state index in [0.717, 1.165) is 24.2 Å². The lowest BCUT2D eigenvalue weighted by Crippen LogP contribution is -2.47. The van der Waals surface area contributed by atoms with Crippen molar-refractivity contribution in [2.24, 2.45) is 16.3 Å². The number of nitrogens with zero attached hydrogens (tertiary/aromatic N) is 3. The Balaban J connectivity index is 1.53. The molecule has 1 aliphatic heterocycles. The number of carbonyl (C=O) groups is 2. The molecule has 0 saturated heterocycles. The first-order valence-corrected chi connectivity index (χ1v) is 14.0. The van der Waals surface area contributed by atoms with E-state index >= 15 is 0 Å². The molecule has 202 valence electrons. The number of fused-ring (bicyclic) bond motifs is 2. The number of aliphatic imine (C=N–C) groups is 1. The summed E-state index contributed by atoms with van der Waals surface area (Å²) in [5.74, 6) is -0.697. The van der Waals surface area contributed by atoms with Gasteiger partial charge < -0.3 is 10.2 Å². The van der Waals surface area contributed by atoms with Crippen LogP contribution < -0.4 is 10.2 Å². The number of halogens is 2. The molecule has 1 aliphatic carbocycles. The molecule has 6 nitrogen and oxygen atoms in total. The van der Waals surface area contributed by atoms with Gasteiger partial charge in [-0.05, 0) is 77.9 Å². The van der Waals surface area contributed by atoms with E-state index in [4.69, 9.17) is 28.2 Å². The number of carbonyl (C=O) groups excluding carboxylic acids is 2. The minimum Gasteiger partial charge on any atom is -0.312 e. The van der Waals surface area contributed by atoms with Crippen LogP contribution in [0.2, 0.25) is 10.0 Å². The molecule has 1 N–H and O–H groups in total. The fraction of sp³-hybridized carbons (Fsp3) is 0.355. The summed E-state index contributed by atoms with van der Waals surface area (Å²) in [4.78, 5) is 37.9. The number of hydrogen-bond acceptors (Lipinski definition) is 5. The van der Waals surface area contributed by atoms with Gasteiger partial charge in [-0.25, -0.2) is 0 Å². The van der Waals surface area contributed by atoms with Gasteiger partial charge >= 0.3 is 0 Å². The summed E-state index contributed by atoms with van der Waals surface area (Å²) < 4.78 is 0. The number of hydrogen-bond donors (Lipinski definition) is 1. The lowest BCUT2D eigenvalue weighted by molar-refractivity contribution is -0.124. The van der Waals surface area contributed by atoms with Gasteiger partial charge in [0.05, 0.1) is 23.3 Å². The third-order valence-corrected chi connectivity index (χ3v) is 8.03. The highest BCUT2D eigenvalue weighted by Crippen LogP contribution is 2.49. The highest BCUT2D eigenvalue weighted by atomic mass is 35.5. The van der Waals surface area contributed by atoms with Gasteiger partial charge in [-0.2, -0.15) is 0 Å². The number of benzene rings is 2. The summed E-state index contributed by atoms with van der Waals surface area (Å²) in [5, 5.41) is 4.42. The predicted molar refractivity (Wildman–Crippen MR) is 157 cm³/mol. The monoisotopic (exact) mass is 562 g/mol. The molecule has 1 aromatic heterocycles. The molecule has 3 aromatic rings. The van der Waals surface area contributed by atoms with Crippen molar-refractivity contribution in [2.45, 2.75) is 52.6 Å². The van der Waals surface area contributed by atoms with Crippen molar-refractivity contribution >= 4 is 52.0 Å². The molecule has 2 aliphatic rings. The molecule has 1 saturated carbocycles. The molecule has 1 fully saturated rings. The molecule has 0 spiro atoms. The van der Waals surface area contributed by atoms with Gasteiger partial charge in [-0.15, -0.1) is 0 Å². The standard InChI is InChI=1S/C31H32Cl2N4O2/c1-19(38)37-27-7-4-21(18-35-13-10-20-8-11-34-12-9-20)14-25(27)36-26-16-31(2,3)17-28(39)29(26)30(37)23-6-5-22(32)15-24(23)33/h4-9,11-12,14-15,29-30,35H,10,13,16-18H2,1-3H3. The van der Waals surface area contributed by atoms with E-state index in [0.29, 0.717) is 46.4 Å². The van der Waals surface area contributed by atoms with E-state index in [1.54, 1.807) is 29.4 Å². The lowest BCUT2D eigenvalue weighted by Gasteiger charge is -2.41. The Labute approximate surface area is 239 Å². The molecule has 2 aromatic carbocycles. The first-order valence-electron chi connectivity index (χ1n) is 13.2. The average molecular weight is 564 g/mol. The quantitative estimate of drug-likeness (QED) is 0.331. The zero-order valence-corrected chi connectivity index (χ0v) is 23.9. The summed E-state index contributed by atoms with van der Waals surface area (Å²) in [6.07, 6.45) is 5.57. The lowest BCUT2D eigenvalue weighted by atomic mass is 9.68. The van der Waals surface area contributed by atoms with Crippen LogP contribution in [-0.4, -0.2) is 28.9 Å². The van der Waals surface area contributed by atoms with Gasteiger partial charge in [0.15, 0.2) is 0 Å². The number of rotatable bonds is 6. The van der Waals surface area contributed by atoms with E-state index in [1.165, 1.54) is 12.5 Å². The minimum atomic E-state index is -0.611. The molecule has 0 bridgehead atoms. The molecule has 2 atom stereocenters. The Bertz CT molecular complexity index is 1440. The molecule has 39 heavy (non-hydrogen) atoms. The number of ketones is 1. The van der Waals surface area contributed by atoms with Crippen molar-refractivity contribution in [3.05, 3.63) is 87.7 Å². The van der Waals surface area contributed by atoms with Crippen LogP contribution >= 0.6 is 23.2 Å². The Hall–Kier alpha value is -3.06. The highest BCUT2D eigenvalue weighted by Gasteiger charge is 2.47. The molecule has 5 rings (SSSR count). The zero-order valence-electron chi connectivity index (χ0n) is 22.4. The molecular weight excluding hydrogens is 531 g/mol. The zero-order chi connectivity index (χ0) is 27.7. The van der Waals surface area contributed by atoms with E-state index in [9.17, 15) is 9.59 Å². The van der Waals surface area contributed by atoms with Crippen LogP contribution in [-0.2, 0) is 22.6 Å². The van der Waals surface area contributed by atoms with Gasteiger partial charge in [0.1, 0.15) is 5.78 Å². The number of pyridine rings is 1. The number of Topliss-reactive ketones (excluding diaryl/α,β-unsaturated/α-hetero) is 1. The van der Waals surface area contributed by atoms with Crippen LogP contribution in [0.15, 0.2) is 65.9 Å². The van der Waals surface area contributed by atoms with Crippen LogP contribution in [0.3, 0.4) is 0 Å². The number of aromatic nitrogens is 1.